The zero-order valence-electron chi connectivity index (χ0n) is 39.5. The molecular weight excluding hydrogens is 925 g/mol. The Labute approximate surface area is 399 Å². The number of carbonyl (C=O) groups is 6. The molecule has 2 fully saturated rings. The Kier molecular flexibility index (Phi) is 15.9. The van der Waals surface area contributed by atoms with E-state index in [4.69, 9.17) is 9.47 Å². The quantitative estimate of drug-likeness (QED) is 0.103. The Morgan fingerprint density at radius 1 is 0.642 bits per heavy atom. The van der Waals surface area contributed by atoms with Crippen molar-refractivity contribution < 1.29 is 42.6 Å². The number of methoxy groups -OCH3 is 2. The topological polar surface area (TPSA) is 180 Å². The Bertz CT molecular complexity index is 2470. The first-order valence-corrected chi connectivity index (χ1v) is 23.4. The molecule has 0 saturated carbocycles. The molecule has 4 unspecified atom stereocenters. The molecule has 17 heteroatoms. The number of hydrogen-bond acceptors (Lipinski definition) is 8. The molecule has 0 bridgehead atoms. The summed E-state index contributed by atoms with van der Waals surface area (Å²) in [6.07, 6.45) is 0.772. The molecular formula is C50H61BrFN7O8. The summed E-state index contributed by atoms with van der Waals surface area (Å²) in [5.74, 6) is -2.23. The minimum atomic E-state index is -0.855. The first-order chi connectivity index (χ1) is 31.7. The van der Waals surface area contributed by atoms with E-state index in [1.165, 1.54) is 36.2 Å². The van der Waals surface area contributed by atoms with Gasteiger partial charge in [0.1, 0.15) is 30.0 Å². The van der Waals surface area contributed by atoms with E-state index in [1.54, 1.807) is 36.4 Å². The highest BCUT2D eigenvalue weighted by Crippen LogP contribution is 2.48. The molecule has 2 aliphatic heterocycles. The van der Waals surface area contributed by atoms with E-state index < -0.39 is 47.6 Å². The fraction of sp³-hybridized carbons (Fsp3) is 0.440. The molecule has 0 spiro atoms. The number of hydrogen-bond donors (Lipinski definition) is 4. The van der Waals surface area contributed by atoms with Gasteiger partial charge < -0.3 is 45.1 Å². The van der Waals surface area contributed by atoms with Crippen molar-refractivity contribution in [1.29, 1.82) is 0 Å². The number of alkyl carbamates (subject to hydrolysis) is 2. The van der Waals surface area contributed by atoms with Crippen molar-refractivity contribution >= 4 is 63.1 Å². The van der Waals surface area contributed by atoms with Crippen LogP contribution in [0, 0.1) is 17.7 Å². The van der Waals surface area contributed by atoms with Crippen LogP contribution >= 0.6 is 15.9 Å². The highest BCUT2D eigenvalue weighted by Gasteiger charge is 2.41. The number of halogens is 2. The number of aromatic nitrogens is 1. The fourth-order valence-electron chi connectivity index (χ4n) is 8.84. The van der Waals surface area contributed by atoms with Crippen LogP contribution in [0.2, 0.25) is 0 Å². The molecule has 4 aromatic rings. The maximum atomic E-state index is 14.5. The Morgan fingerprint density at radius 3 is 1.42 bits per heavy atom. The average Bonchev–Trinajstić information content (AvgIpc) is 4.06. The molecule has 2 aliphatic rings. The van der Waals surface area contributed by atoms with E-state index in [0.29, 0.717) is 55.8 Å². The van der Waals surface area contributed by atoms with Crippen LogP contribution in [0.15, 0.2) is 77.3 Å². The van der Waals surface area contributed by atoms with Gasteiger partial charge in [-0.1, -0.05) is 72.7 Å². The molecule has 6 rings (SSSR count). The second-order valence-electron chi connectivity index (χ2n) is 18.7. The van der Waals surface area contributed by atoms with Gasteiger partial charge in [-0.05, 0) is 124 Å². The van der Waals surface area contributed by atoms with Crippen LogP contribution < -0.4 is 21.3 Å². The monoisotopic (exact) mass is 985 g/mol. The van der Waals surface area contributed by atoms with Gasteiger partial charge in [0.2, 0.25) is 23.6 Å². The Morgan fingerprint density at radius 2 is 1.04 bits per heavy atom. The number of ether oxygens (including phenoxy) is 2. The first kappa shape index (κ1) is 50.2. The minimum absolute atomic E-state index is 0.236. The molecule has 2 saturated heterocycles. The number of rotatable bonds is 13. The number of anilines is 2. The van der Waals surface area contributed by atoms with Crippen LogP contribution in [-0.4, -0.2) is 102 Å². The van der Waals surface area contributed by atoms with Gasteiger partial charge in [-0.15, -0.1) is 0 Å². The number of benzene rings is 3. The lowest BCUT2D eigenvalue weighted by molar-refractivity contribution is -0.139. The maximum Gasteiger partial charge on any atom is 0.407 e. The van der Waals surface area contributed by atoms with Gasteiger partial charge in [-0.3, -0.25) is 19.2 Å². The summed E-state index contributed by atoms with van der Waals surface area (Å²) >= 11 is 3.98. The Hall–Kier alpha value is -6.23. The van der Waals surface area contributed by atoms with Gasteiger partial charge in [-0.2, -0.15) is 0 Å². The summed E-state index contributed by atoms with van der Waals surface area (Å²) in [5, 5.41) is 11.2. The molecule has 4 N–H and O–H groups in total. The standard InChI is InChI=1S/C50H61BrFN7O8/c1-28(2)40(55-48(64)66-8)46(62)57-26-10-12-36(57)44(60)53-33-20-14-30(15-21-33)42-38(50(5,6)7)39(51)43(59(42)35-24-18-32(52)19-25-35)31-16-22-34(23-17-31)54-45(61)37-13-11-27-58(37)47(63)41(29(3)4)56-49(65)67-9/h14-25,28-29,36-37,40-41H,10-13,26-27H2,1-9H3,(H,53,60)(H,54,61)(H,55,64)(H,56,65). The molecule has 0 aliphatic carbocycles. The highest BCUT2D eigenvalue weighted by molar-refractivity contribution is 9.10. The minimum Gasteiger partial charge on any atom is -0.453 e. The molecule has 6 amide bonds. The normalized spacial score (nSPS) is 17.0. The predicted octanol–water partition coefficient (Wildman–Crippen LogP) is 8.63. The van der Waals surface area contributed by atoms with Crippen LogP contribution in [0.25, 0.3) is 28.2 Å². The van der Waals surface area contributed by atoms with Gasteiger partial charge in [0.25, 0.3) is 0 Å². The maximum absolute atomic E-state index is 14.5. The average molecular weight is 987 g/mol. The van der Waals surface area contributed by atoms with Gasteiger partial charge >= 0.3 is 12.2 Å². The van der Waals surface area contributed by atoms with Crippen molar-refractivity contribution in [2.75, 3.05) is 37.9 Å². The zero-order valence-corrected chi connectivity index (χ0v) is 41.1. The van der Waals surface area contributed by atoms with Gasteiger partial charge in [0.15, 0.2) is 0 Å². The number of nitrogens with zero attached hydrogens (tertiary/aromatic N) is 3. The Balaban J connectivity index is 1.29. The summed E-state index contributed by atoms with van der Waals surface area (Å²) in [7, 11) is 2.46. The lowest BCUT2D eigenvalue weighted by Crippen LogP contribution is -2.54. The lowest BCUT2D eigenvalue weighted by Gasteiger charge is -2.30. The third-order valence-electron chi connectivity index (χ3n) is 12.3. The summed E-state index contributed by atoms with van der Waals surface area (Å²) in [4.78, 5) is 81.9. The zero-order chi connectivity index (χ0) is 48.9. The van der Waals surface area contributed by atoms with Crippen molar-refractivity contribution in [3.05, 3.63) is 88.6 Å². The van der Waals surface area contributed by atoms with E-state index in [1.807, 2.05) is 52.0 Å². The van der Waals surface area contributed by atoms with Gasteiger partial charge in [-0.25, -0.2) is 14.0 Å². The fourth-order valence-corrected chi connectivity index (χ4v) is 10.0. The van der Waals surface area contributed by atoms with E-state index in [9.17, 15) is 33.2 Å². The highest BCUT2D eigenvalue weighted by atomic mass is 79.9. The number of amides is 6. The second-order valence-corrected chi connectivity index (χ2v) is 19.5. The summed E-state index contributed by atoms with van der Waals surface area (Å²) in [6, 6.07) is 17.9. The van der Waals surface area contributed by atoms with Gasteiger partial charge in [0, 0.05) is 34.6 Å². The predicted molar refractivity (Wildman–Crippen MR) is 258 cm³/mol. The third kappa shape index (κ3) is 11.1. The number of likely N-dealkylation sites (tertiary alicyclic amines) is 2. The van der Waals surface area contributed by atoms with Crippen LogP contribution in [0.3, 0.4) is 0 Å². The molecule has 358 valence electrons. The molecule has 3 heterocycles. The summed E-state index contributed by atoms with van der Waals surface area (Å²) in [5.41, 5.74) is 5.49. The largest absolute Gasteiger partial charge is 0.453 e. The van der Waals surface area contributed by atoms with Crippen molar-refractivity contribution in [2.24, 2.45) is 11.8 Å². The van der Waals surface area contributed by atoms with E-state index in [-0.39, 0.29) is 35.5 Å². The molecule has 67 heavy (non-hydrogen) atoms. The van der Waals surface area contributed by atoms with E-state index in [2.05, 4.69) is 62.5 Å². The smallest absolute Gasteiger partial charge is 0.407 e. The molecule has 15 nitrogen and oxygen atoms in total. The van der Waals surface area contributed by atoms with Crippen molar-refractivity contribution in [2.45, 2.75) is 104 Å². The first-order valence-electron chi connectivity index (χ1n) is 22.6. The number of nitrogens with one attached hydrogen (secondary N) is 4. The summed E-state index contributed by atoms with van der Waals surface area (Å²) < 4.78 is 26.8. The summed E-state index contributed by atoms with van der Waals surface area (Å²) in [6.45, 7) is 14.3. The molecule has 3 aromatic carbocycles. The number of carbonyl (C=O) groups excluding carboxylic acids is 6. The van der Waals surface area contributed by atoms with Crippen molar-refractivity contribution in [3.8, 4) is 28.2 Å². The SMILES string of the molecule is COC(=O)NC(C(=O)N1CCCC1C(=O)Nc1ccc(-c2c(Br)c(C(C)(C)C)c(-c3ccc(NC(=O)C4CCCN4C(=O)C(NC(=O)OC)C(C)C)cc3)n2-c2ccc(F)cc2)cc1)C(C)C. The third-order valence-corrected chi connectivity index (χ3v) is 13.0. The van der Waals surface area contributed by atoms with E-state index in [0.717, 1.165) is 32.6 Å². The molecule has 4 atom stereocenters. The molecule has 0 radical (unpaired) electrons. The van der Waals surface area contributed by atoms with Gasteiger partial charge in [0.05, 0.1) is 25.6 Å². The van der Waals surface area contributed by atoms with Crippen LogP contribution in [0.1, 0.15) is 79.7 Å². The van der Waals surface area contributed by atoms with Crippen LogP contribution in [0.4, 0.5) is 25.4 Å². The van der Waals surface area contributed by atoms with Crippen molar-refractivity contribution in [3.63, 3.8) is 0 Å². The second kappa shape index (κ2) is 21.2. The van der Waals surface area contributed by atoms with Crippen molar-refractivity contribution in [1.82, 2.24) is 25.0 Å². The van der Waals surface area contributed by atoms with E-state index >= 15 is 0 Å². The molecule has 1 aromatic heterocycles. The lowest BCUT2D eigenvalue weighted by atomic mass is 9.85. The van der Waals surface area contributed by atoms with Crippen LogP contribution in [0.5, 0.6) is 0 Å². The van der Waals surface area contributed by atoms with Crippen LogP contribution in [-0.2, 0) is 34.1 Å².